The zero-order valence-corrected chi connectivity index (χ0v) is 20.0. The Hall–Kier alpha value is -2.64. The lowest BCUT2D eigenvalue weighted by Crippen LogP contribution is -2.39. The van der Waals surface area contributed by atoms with Crippen LogP contribution in [0.25, 0.3) is 11.0 Å². The molecule has 1 aliphatic carbocycles. The second kappa shape index (κ2) is 9.31. The van der Waals surface area contributed by atoms with Crippen LogP contribution in [0.3, 0.4) is 0 Å². The molecule has 180 valence electrons. The lowest BCUT2D eigenvalue weighted by Gasteiger charge is -2.32. The Balaban J connectivity index is 1.62. The van der Waals surface area contributed by atoms with Gasteiger partial charge in [-0.2, -0.15) is 0 Å². The summed E-state index contributed by atoms with van der Waals surface area (Å²) in [4.78, 5) is 34.1. The molecule has 2 amide bonds. The van der Waals surface area contributed by atoms with Crippen LogP contribution in [0.4, 0.5) is 9.18 Å². The van der Waals surface area contributed by atoms with Crippen molar-refractivity contribution in [2.75, 3.05) is 6.54 Å². The number of imidazole rings is 1. The Labute approximate surface area is 194 Å². The van der Waals surface area contributed by atoms with Crippen molar-refractivity contribution in [2.24, 2.45) is 11.8 Å². The summed E-state index contributed by atoms with van der Waals surface area (Å²) < 4.78 is 20.9. The van der Waals surface area contributed by atoms with Gasteiger partial charge in [0.15, 0.2) is 5.82 Å². The molecule has 33 heavy (non-hydrogen) atoms. The lowest BCUT2D eigenvalue weighted by molar-refractivity contribution is -0.128. The van der Waals surface area contributed by atoms with Crippen molar-refractivity contribution in [1.29, 1.82) is 0 Å². The summed E-state index contributed by atoms with van der Waals surface area (Å²) in [6.07, 6.45) is 4.93. The van der Waals surface area contributed by atoms with Gasteiger partial charge in [-0.3, -0.25) is 4.79 Å². The first kappa shape index (κ1) is 23.5. The molecule has 1 saturated carbocycles. The molecule has 2 fully saturated rings. The average Bonchev–Trinajstić information content (AvgIpc) is 3.34. The van der Waals surface area contributed by atoms with Crippen LogP contribution in [0, 0.1) is 17.7 Å². The molecular formula is C25H35FN4O3. The molecular weight excluding hydrogens is 423 g/mol. The monoisotopic (exact) mass is 458 g/mol. The predicted octanol–water partition coefficient (Wildman–Crippen LogP) is 5.22. The molecule has 1 atom stereocenters. The maximum absolute atomic E-state index is 15.4. The second-order valence-electron chi connectivity index (χ2n) is 10.6. The van der Waals surface area contributed by atoms with Crippen molar-refractivity contribution >= 4 is 23.0 Å². The van der Waals surface area contributed by atoms with Crippen LogP contribution in [0.2, 0.25) is 0 Å². The predicted molar refractivity (Wildman–Crippen MR) is 124 cm³/mol. The summed E-state index contributed by atoms with van der Waals surface area (Å²) in [7, 11) is 0. The highest BCUT2D eigenvalue weighted by Gasteiger charge is 2.32. The van der Waals surface area contributed by atoms with E-state index in [0.29, 0.717) is 35.8 Å². The smallest absolute Gasteiger partial charge is 0.408 e. The highest BCUT2D eigenvalue weighted by Crippen LogP contribution is 2.37. The number of aromatic amines is 1. The second-order valence-corrected chi connectivity index (χ2v) is 10.6. The van der Waals surface area contributed by atoms with Crippen LogP contribution in [0.1, 0.15) is 83.6 Å². The molecule has 2 aliphatic rings. The first-order chi connectivity index (χ1) is 15.6. The number of carbonyl (C=O) groups is 2. The Bertz CT molecular complexity index is 1020. The number of benzene rings is 1. The zero-order valence-electron chi connectivity index (χ0n) is 20.0. The van der Waals surface area contributed by atoms with Gasteiger partial charge < -0.3 is 19.9 Å². The summed E-state index contributed by atoms with van der Waals surface area (Å²) in [5, 5.41) is 3.00. The largest absolute Gasteiger partial charge is 0.444 e. The number of amides is 2. The minimum atomic E-state index is -0.613. The van der Waals surface area contributed by atoms with E-state index in [2.05, 4.69) is 22.2 Å². The van der Waals surface area contributed by atoms with Crippen LogP contribution >= 0.6 is 0 Å². The number of fused-ring (bicyclic) bond motifs is 1. The van der Waals surface area contributed by atoms with E-state index in [-0.39, 0.29) is 29.9 Å². The van der Waals surface area contributed by atoms with Crippen molar-refractivity contribution in [3.63, 3.8) is 0 Å². The summed E-state index contributed by atoms with van der Waals surface area (Å²) >= 11 is 0. The Kier molecular flexibility index (Phi) is 6.64. The molecule has 8 heteroatoms. The molecule has 1 aromatic heterocycles. The Morgan fingerprint density at radius 1 is 1.30 bits per heavy atom. The van der Waals surface area contributed by atoms with E-state index in [1.165, 1.54) is 0 Å². The topological polar surface area (TPSA) is 87.3 Å². The van der Waals surface area contributed by atoms with Crippen LogP contribution in [0.15, 0.2) is 12.1 Å². The summed E-state index contributed by atoms with van der Waals surface area (Å²) in [6.45, 7) is 8.63. The van der Waals surface area contributed by atoms with Gasteiger partial charge >= 0.3 is 6.09 Å². The minimum absolute atomic E-state index is 0.0605. The van der Waals surface area contributed by atoms with E-state index in [9.17, 15) is 9.59 Å². The molecule has 0 bridgehead atoms. The van der Waals surface area contributed by atoms with Gasteiger partial charge in [-0.1, -0.05) is 25.8 Å². The van der Waals surface area contributed by atoms with Gasteiger partial charge in [-0.15, -0.1) is 0 Å². The molecule has 1 aliphatic heterocycles. The number of likely N-dealkylation sites (tertiary alicyclic amines) is 1. The fourth-order valence-electron chi connectivity index (χ4n) is 4.91. The molecule has 2 aromatic rings. The normalized spacial score (nSPS) is 22.6. The molecule has 0 radical (unpaired) electrons. The average molecular weight is 459 g/mol. The van der Waals surface area contributed by atoms with Crippen molar-refractivity contribution in [3.8, 4) is 0 Å². The fraction of sp³-hybridized carbons (Fsp3) is 0.640. The summed E-state index contributed by atoms with van der Waals surface area (Å²) in [6, 6.07) is 3.13. The van der Waals surface area contributed by atoms with Gasteiger partial charge in [0, 0.05) is 25.1 Å². The van der Waals surface area contributed by atoms with E-state index >= 15 is 4.39 Å². The minimum Gasteiger partial charge on any atom is -0.444 e. The molecule has 1 unspecified atom stereocenters. The fourth-order valence-corrected chi connectivity index (χ4v) is 4.91. The maximum atomic E-state index is 15.4. The van der Waals surface area contributed by atoms with E-state index in [0.717, 1.165) is 32.1 Å². The molecule has 1 aromatic carbocycles. The van der Waals surface area contributed by atoms with Gasteiger partial charge in [0.2, 0.25) is 5.91 Å². The Morgan fingerprint density at radius 2 is 2.03 bits per heavy atom. The number of ether oxygens (including phenoxy) is 1. The molecule has 2 N–H and O–H groups in total. The van der Waals surface area contributed by atoms with Crippen LogP contribution in [-0.2, 0) is 16.1 Å². The van der Waals surface area contributed by atoms with Crippen LogP contribution < -0.4 is 5.32 Å². The first-order valence-electron chi connectivity index (χ1n) is 12.0. The van der Waals surface area contributed by atoms with Crippen molar-refractivity contribution in [1.82, 2.24) is 20.2 Å². The molecule has 1 saturated heterocycles. The molecule has 7 nitrogen and oxygen atoms in total. The SMILES string of the molecule is CC1CCC(C(NC(=O)OC(C)(C)C)c2nc3c(F)c(CN4CCCC4=O)ccc3[nH]2)CC1. The summed E-state index contributed by atoms with van der Waals surface area (Å²) in [5.74, 6) is 1.04. The van der Waals surface area contributed by atoms with Crippen molar-refractivity contribution in [3.05, 3.63) is 29.3 Å². The number of carbonyl (C=O) groups excluding carboxylic acids is 2. The van der Waals surface area contributed by atoms with E-state index in [1.807, 2.05) is 20.8 Å². The van der Waals surface area contributed by atoms with Crippen LogP contribution in [-0.4, -0.2) is 39.0 Å². The maximum Gasteiger partial charge on any atom is 0.408 e. The summed E-state index contributed by atoms with van der Waals surface area (Å²) in [5.41, 5.74) is 0.671. The number of hydrogen-bond acceptors (Lipinski definition) is 4. The zero-order chi connectivity index (χ0) is 23.8. The highest BCUT2D eigenvalue weighted by atomic mass is 19.1. The van der Waals surface area contributed by atoms with Gasteiger partial charge in [-0.05, 0) is 57.9 Å². The number of nitrogens with zero attached hydrogens (tertiary/aromatic N) is 2. The number of halogens is 1. The van der Waals surface area contributed by atoms with Gasteiger partial charge in [0.05, 0.1) is 11.6 Å². The van der Waals surface area contributed by atoms with E-state index < -0.39 is 17.5 Å². The standard InChI is InChI=1S/C25H35FN4O3/c1-15-7-9-16(10-8-15)21(29-24(32)33-25(2,3)4)23-27-18-12-11-17(20(26)22(18)28-23)14-30-13-5-6-19(30)31/h11-12,15-16,21H,5-10,13-14H2,1-4H3,(H,27,28)(H,29,32). The lowest BCUT2D eigenvalue weighted by atomic mass is 9.79. The third-order valence-corrected chi connectivity index (χ3v) is 6.72. The van der Waals surface area contributed by atoms with Crippen LogP contribution in [0.5, 0.6) is 0 Å². The number of hydrogen-bond donors (Lipinski definition) is 2. The first-order valence-corrected chi connectivity index (χ1v) is 12.0. The number of nitrogens with one attached hydrogen (secondary N) is 2. The van der Waals surface area contributed by atoms with E-state index in [1.54, 1.807) is 17.0 Å². The number of alkyl carbamates (subject to hydrolysis) is 1. The quantitative estimate of drug-likeness (QED) is 0.643. The third kappa shape index (κ3) is 5.47. The third-order valence-electron chi connectivity index (χ3n) is 6.72. The Morgan fingerprint density at radius 3 is 2.67 bits per heavy atom. The number of H-pyrrole nitrogens is 1. The van der Waals surface area contributed by atoms with Crippen molar-refractivity contribution in [2.45, 2.75) is 84.4 Å². The van der Waals surface area contributed by atoms with Gasteiger partial charge in [-0.25, -0.2) is 14.2 Å². The molecule has 0 spiro atoms. The van der Waals surface area contributed by atoms with Gasteiger partial charge in [0.25, 0.3) is 0 Å². The molecule has 2 heterocycles. The van der Waals surface area contributed by atoms with E-state index in [4.69, 9.17) is 4.74 Å². The number of aromatic nitrogens is 2. The van der Waals surface area contributed by atoms with Crippen molar-refractivity contribution < 1.29 is 18.7 Å². The molecule has 4 rings (SSSR count). The highest BCUT2D eigenvalue weighted by molar-refractivity contribution is 5.79. The number of rotatable bonds is 5. The van der Waals surface area contributed by atoms with Gasteiger partial charge in [0.1, 0.15) is 16.9 Å².